The minimum atomic E-state index is -4.42. The Hall–Kier alpha value is -2.04. The number of benzene rings is 1. The Morgan fingerprint density at radius 1 is 1.28 bits per heavy atom. The summed E-state index contributed by atoms with van der Waals surface area (Å²) in [7, 11) is 0. The first kappa shape index (κ1) is 14.0. The molecule has 0 saturated carbocycles. The average molecular weight is 255 g/mol. The molecule has 0 aromatic heterocycles. The first-order valence-corrected chi connectivity index (χ1v) is 5.21. The minimum Gasteiger partial charge on any atom is -0.322 e. The van der Waals surface area contributed by atoms with Crippen molar-refractivity contribution in [3.05, 3.63) is 54.1 Å². The van der Waals surface area contributed by atoms with E-state index >= 15 is 0 Å². The van der Waals surface area contributed by atoms with Gasteiger partial charge in [0.05, 0.1) is 5.56 Å². The van der Waals surface area contributed by atoms with E-state index < -0.39 is 17.6 Å². The first-order chi connectivity index (χ1) is 8.43. The molecule has 0 aliphatic heterocycles. The zero-order valence-corrected chi connectivity index (χ0v) is 9.66. The van der Waals surface area contributed by atoms with E-state index in [1.165, 1.54) is 24.3 Å². The lowest BCUT2D eigenvalue weighted by Gasteiger charge is -2.08. The molecule has 5 heteroatoms. The van der Waals surface area contributed by atoms with E-state index in [-0.39, 0.29) is 5.69 Å². The molecule has 0 radical (unpaired) electrons. The zero-order chi connectivity index (χ0) is 13.6. The van der Waals surface area contributed by atoms with Crippen molar-refractivity contribution in [1.82, 2.24) is 0 Å². The number of nitrogens with one attached hydrogen (secondary N) is 1. The predicted molar refractivity (Wildman–Crippen MR) is 64.0 cm³/mol. The van der Waals surface area contributed by atoms with Crippen LogP contribution in [0.25, 0.3) is 0 Å². The van der Waals surface area contributed by atoms with Crippen LogP contribution in [0, 0.1) is 0 Å². The lowest BCUT2D eigenvalue weighted by atomic mass is 10.2. The monoisotopic (exact) mass is 255 g/mol. The van der Waals surface area contributed by atoms with E-state index in [1.54, 1.807) is 19.1 Å². The third kappa shape index (κ3) is 4.45. The second-order valence-electron chi connectivity index (χ2n) is 3.45. The fourth-order valence-corrected chi connectivity index (χ4v) is 1.21. The maximum atomic E-state index is 12.4. The Morgan fingerprint density at radius 3 is 2.61 bits per heavy atom. The highest BCUT2D eigenvalue weighted by Gasteiger charge is 2.30. The van der Waals surface area contributed by atoms with Crippen molar-refractivity contribution >= 4 is 11.6 Å². The highest BCUT2D eigenvalue weighted by Crippen LogP contribution is 2.30. The molecule has 96 valence electrons. The van der Waals surface area contributed by atoms with E-state index in [2.05, 4.69) is 5.32 Å². The van der Waals surface area contributed by atoms with Crippen LogP contribution < -0.4 is 5.32 Å². The molecule has 1 N–H and O–H groups in total. The summed E-state index contributed by atoms with van der Waals surface area (Å²) in [6, 6.07) is 4.48. The molecule has 0 bridgehead atoms. The summed E-state index contributed by atoms with van der Waals surface area (Å²) in [5.74, 6) is -0.479. The summed E-state index contributed by atoms with van der Waals surface area (Å²) in [4.78, 5) is 11.3. The van der Waals surface area contributed by atoms with Crippen LogP contribution in [-0.2, 0) is 11.0 Å². The van der Waals surface area contributed by atoms with Gasteiger partial charge in [-0.3, -0.25) is 4.79 Å². The number of hydrogen-bond donors (Lipinski definition) is 1. The van der Waals surface area contributed by atoms with E-state index in [0.29, 0.717) is 0 Å². The number of anilines is 1. The van der Waals surface area contributed by atoms with Crippen LogP contribution in [0.5, 0.6) is 0 Å². The van der Waals surface area contributed by atoms with Gasteiger partial charge in [-0.25, -0.2) is 0 Å². The highest BCUT2D eigenvalue weighted by atomic mass is 19.4. The fourth-order valence-electron chi connectivity index (χ4n) is 1.21. The molecule has 0 spiro atoms. The van der Waals surface area contributed by atoms with Gasteiger partial charge in [-0.2, -0.15) is 13.2 Å². The number of halogens is 3. The number of hydrogen-bond acceptors (Lipinski definition) is 1. The van der Waals surface area contributed by atoms with E-state index in [0.717, 1.165) is 12.1 Å². The van der Waals surface area contributed by atoms with Gasteiger partial charge in [0.15, 0.2) is 0 Å². The Labute approximate surface area is 103 Å². The van der Waals surface area contributed by atoms with Gasteiger partial charge in [0.2, 0.25) is 5.91 Å². The van der Waals surface area contributed by atoms with Crippen molar-refractivity contribution in [1.29, 1.82) is 0 Å². The van der Waals surface area contributed by atoms with Crippen molar-refractivity contribution in [3.63, 3.8) is 0 Å². The Bertz CT molecular complexity index is 475. The Balaban J connectivity index is 2.77. The molecule has 0 aliphatic rings. The molecule has 1 aromatic carbocycles. The molecule has 0 saturated heterocycles. The molecule has 1 rings (SSSR count). The number of allylic oxidation sites excluding steroid dienone is 3. The molecular weight excluding hydrogens is 243 g/mol. The molecule has 0 aliphatic carbocycles. The van der Waals surface area contributed by atoms with Gasteiger partial charge in [-0.1, -0.05) is 24.3 Å². The second-order valence-corrected chi connectivity index (χ2v) is 3.45. The van der Waals surface area contributed by atoms with Crippen molar-refractivity contribution in [2.45, 2.75) is 13.1 Å². The number of carbonyl (C=O) groups excluding carboxylic acids is 1. The molecule has 0 unspecified atom stereocenters. The van der Waals surface area contributed by atoms with Gasteiger partial charge in [0.25, 0.3) is 0 Å². The molecule has 1 amide bonds. The lowest BCUT2D eigenvalue weighted by Crippen LogP contribution is -2.10. The van der Waals surface area contributed by atoms with Gasteiger partial charge < -0.3 is 5.32 Å². The molecule has 2 nitrogen and oxygen atoms in total. The molecular formula is C13H12F3NO. The van der Waals surface area contributed by atoms with Crippen LogP contribution in [0.3, 0.4) is 0 Å². The van der Waals surface area contributed by atoms with Crippen molar-refractivity contribution < 1.29 is 18.0 Å². The van der Waals surface area contributed by atoms with Crippen molar-refractivity contribution in [2.24, 2.45) is 0 Å². The van der Waals surface area contributed by atoms with Crippen LogP contribution in [0.2, 0.25) is 0 Å². The Morgan fingerprint density at radius 2 is 2.00 bits per heavy atom. The summed E-state index contributed by atoms with van der Waals surface area (Å²) in [5.41, 5.74) is -0.683. The van der Waals surface area contributed by atoms with Crippen LogP contribution in [-0.4, -0.2) is 5.91 Å². The number of amides is 1. The van der Waals surface area contributed by atoms with Crippen molar-refractivity contribution in [2.75, 3.05) is 5.32 Å². The average Bonchev–Trinajstić information content (AvgIpc) is 2.28. The topological polar surface area (TPSA) is 29.1 Å². The van der Waals surface area contributed by atoms with Crippen molar-refractivity contribution in [3.8, 4) is 0 Å². The van der Waals surface area contributed by atoms with Gasteiger partial charge >= 0.3 is 6.18 Å². The van der Waals surface area contributed by atoms with E-state index in [1.807, 2.05) is 0 Å². The molecule has 0 atom stereocenters. The van der Waals surface area contributed by atoms with Crippen LogP contribution >= 0.6 is 0 Å². The summed E-state index contributed by atoms with van der Waals surface area (Å²) in [6.45, 7) is 1.79. The first-order valence-electron chi connectivity index (χ1n) is 5.21. The number of rotatable bonds is 3. The SMILES string of the molecule is C/C=C/C=C/C(=O)Nc1cccc(C(F)(F)F)c1. The van der Waals surface area contributed by atoms with Crippen LogP contribution in [0.15, 0.2) is 48.6 Å². The summed E-state index contributed by atoms with van der Waals surface area (Å²) < 4.78 is 37.3. The molecule has 18 heavy (non-hydrogen) atoms. The quantitative estimate of drug-likeness (QED) is 0.646. The van der Waals surface area contributed by atoms with E-state index in [9.17, 15) is 18.0 Å². The second kappa shape index (κ2) is 6.05. The van der Waals surface area contributed by atoms with Gasteiger partial charge in [-0.05, 0) is 25.1 Å². The largest absolute Gasteiger partial charge is 0.416 e. The summed E-state index contributed by atoms with van der Waals surface area (Å²) in [5, 5.41) is 2.35. The third-order valence-corrected chi connectivity index (χ3v) is 2.01. The summed E-state index contributed by atoms with van der Waals surface area (Å²) >= 11 is 0. The van der Waals surface area contributed by atoms with E-state index in [4.69, 9.17) is 0 Å². The number of alkyl halides is 3. The summed E-state index contributed by atoms with van der Waals surface area (Å²) in [6.07, 6.45) is 1.70. The van der Waals surface area contributed by atoms with Crippen LogP contribution in [0.1, 0.15) is 12.5 Å². The maximum Gasteiger partial charge on any atom is 0.416 e. The zero-order valence-electron chi connectivity index (χ0n) is 9.66. The molecule has 0 fully saturated rings. The predicted octanol–water partition coefficient (Wildman–Crippen LogP) is 3.78. The third-order valence-electron chi connectivity index (χ3n) is 2.01. The smallest absolute Gasteiger partial charge is 0.322 e. The maximum absolute atomic E-state index is 12.4. The van der Waals surface area contributed by atoms with Gasteiger partial charge in [0.1, 0.15) is 0 Å². The van der Waals surface area contributed by atoms with Crippen LogP contribution in [0.4, 0.5) is 18.9 Å². The molecule has 1 aromatic rings. The normalized spacial score (nSPS) is 12.2. The highest BCUT2D eigenvalue weighted by molar-refractivity contribution is 5.99. The standard InChI is InChI=1S/C13H12F3NO/c1-2-3-4-8-12(18)17-11-7-5-6-10(9-11)13(14,15)16/h2-9H,1H3,(H,17,18)/b3-2+,8-4+. The Kier molecular flexibility index (Phi) is 4.71. The molecule has 0 heterocycles. The fraction of sp³-hybridized carbons (Fsp3) is 0.154. The minimum absolute atomic E-state index is 0.111. The van der Waals surface area contributed by atoms with Gasteiger partial charge in [-0.15, -0.1) is 0 Å². The number of carbonyl (C=O) groups is 1. The lowest BCUT2D eigenvalue weighted by molar-refractivity contribution is -0.137. The van der Waals surface area contributed by atoms with Gasteiger partial charge in [0, 0.05) is 11.8 Å².